The minimum atomic E-state index is -6.92. The summed E-state index contributed by atoms with van der Waals surface area (Å²) in [6.45, 7) is 1.46. The van der Waals surface area contributed by atoms with E-state index >= 15 is 0 Å². The largest absolute Gasteiger partial charge is 0.460 e. The van der Waals surface area contributed by atoms with Crippen LogP contribution in [0.2, 0.25) is 0 Å². The molecule has 0 aliphatic heterocycles. The molecule has 0 spiro atoms. The van der Waals surface area contributed by atoms with Crippen molar-refractivity contribution in [3.05, 3.63) is 0 Å². The topological polar surface area (TPSA) is 63.6 Å². The zero-order valence-corrected chi connectivity index (χ0v) is 11.7. The van der Waals surface area contributed by atoms with E-state index in [0.717, 1.165) is 0 Å². The van der Waals surface area contributed by atoms with Gasteiger partial charge in [-0.15, -0.1) is 0 Å². The first-order valence-electron chi connectivity index (χ1n) is 5.71. The van der Waals surface area contributed by atoms with Crippen LogP contribution in [0.4, 0.5) is 35.1 Å². The highest BCUT2D eigenvalue weighted by Crippen LogP contribution is 2.54. The molecule has 0 rings (SSSR count). The van der Waals surface area contributed by atoms with E-state index in [1.54, 1.807) is 0 Å². The Balaban J connectivity index is 5.84. The van der Waals surface area contributed by atoms with E-state index in [0.29, 0.717) is 0 Å². The van der Waals surface area contributed by atoms with Crippen LogP contribution in [0.1, 0.15) is 32.6 Å². The second kappa shape index (κ2) is 6.43. The molecule has 0 fully saturated rings. The van der Waals surface area contributed by atoms with Crippen molar-refractivity contribution in [3.63, 3.8) is 0 Å². The van der Waals surface area contributed by atoms with Gasteiger partial charge in [-0.3, -0.25) is 4.55 Å². The van der Waals surface area contributed by atoms with Crippen LogP contribution in [0.3, 0.4) is 0 Å². The number of hydrogen-bond donors (Lipinski definition) is 1. The number of alkyl halides is 8. The van der Waals surface area contributed by atoms with Crippen LogP contribution in [0.25, 0.3) is 0 Å². The molecular weight excluding hydrogens is 356 g/mol. The van der Waals surface area contributed by atoms with E-state index in [2.05, 4.69) is 4.18 Å². The molecule has 0 aliphatic rings. The van der Waals surface area contributed by atoms with Gasteiger partial charge in [0.2, 0.25) is 0 Å². The maximum atomic E-state index is 13.9. The fraction of sp³-hybridized carbons (Fsp3) is 1.00. The van der Waals surface area contributed by atoms with Gasteiger partial charge in [0, 0.05) is 6.42 Å². The van der Waals surface area contributed by atoms with Crippen molar-refractivity contribution in [2.24, 2.45) is 0 Å². The summed E-state index contributed by atoms with van der Waals surface area (Å²) in [6.07, 6.45) is -9.23. The van der Waals surface area contributed by atoms with Crippen LogP contribution >= 0.6 is 0 Å². The highest BCUT2D eigenvalue weighted by atomic mass is 32.3. The maximum absolute atomic E-state index is 13.9. The highest BCUT2D eigenvalue weighted by molar-refractivity contribution is 7.80. The van der Waals surface area contributed by atoms with Gasteiger partial charge in [0.15, 0.2) is 0 Å². The average Bonchev–Trinajstić information content (AvgIpc) is 2.24. The molecule has 0 amide bonds. The minimum Gasteiger partial charge on any atom is -0.263 e. The molecule has 4 nitrogen and oxygen atoms in total. The fourth-order valence-corrected chi connectivity index (χ4v) is 1.95. The summed E-state index contributed by atoms with van der Waals surface area (Å²) in [5.41, 5.74) is 0. The Kier molecular flexibility index (Phi) is 6.23. The SMILES string of the molecule is CCCCCC(F)(OS(=O)(=O)O)C(F)(F)C(F)(F)C(F)(F)F. The van der Waals surface area contributed by atoms with E-state index < -0.39 is 47.1 Å². The van der Waals surface area contributed by atoms with E-state index in [4.69, 9.17) is 4.55 Å². The third kappa shape index (κ3) is 4.41. The van der Waals surface area contributed by atoms with Gasteiger partial charge < -0.3 is 0 Å². The molecule has 0 saturated heterocycles. The van der Waals surface area contributed by atoms with E-state index in [1.165, 1.54) is 6.92 Å². The van der Waals surface area contributed by atoms with Crippen molar-refractivity contribution < 1.29 is 52.3 Å². The van der Waals surface area contributed by atoms with Gasteiger partial charge in [-0.05, 0) is 6.42 Å². The van der Waals surface area contributed by atoms with E-state index in [9.17, 15) is 43.5 Å². The zero-order valence-electron chi connectivity index (χ0n) is 10.9. The molecule has 1 atom stereocenters. The van der Waals surface area contributed by atoms with Crippen LogP contribution in [0.5, 0.6) is 0 Å². The van der Waals surface area contributed by atoms with Crippen molar-refractivity contribution in [2.75, 3.05) is 0 Å². The molecule has 0 saturated carbocycles. The summed E-state index contributed by atoms with van der Waals surface area (Å²) >= 11 is 0. The maximum Gasteiger partial charge on any atom is 0.460 e. The Morgan fingerprint density at radius 1 is 0.909 bits per heavy atom. The number of unbranched alkanes of at least 4 members (excludes halogenated alkanes) is 2. The standard InChI is InChI=1S/C9H12F8O4S/c1-2-3-4-5-6(10,21-22(18,19)20)7(11,12)8(13,14)9(15,16)17/h2-5H2,1H3,(H,18,19,20). The minimum absolute atomic E-state index is 0.0891. The lowest BCUT2D eigenvalue weighted by molar-refractivity contribution is -0.403. The Hall–Kier alpha value is -0.690. The average molecular weight is 368 g/mol. The monoisotopic (exact) mass is 368 g/mol. The molecule has 0 bridgehead atoms. The van der Waals surface area contributed by atoms with Crippen molar-refractivity contribution in [1.29, 1.82) is 0 Å². The van der Waals surface area contributed by atoms with Crippen LogP contribution in [-0.2, 0) is 14.6 Å². The quantitative estimate of drug-likeness (QED) is 0.401. The third-order valence-electron chi connectivity index (χ3n) is 2.56. The van der Waals surface area contributed by atoms with Gasteiger partial charge in [-0.25, -0.2) is 8.57 Å². The zero-order chi connectivity index (χ0) is 18.0. The molecule has 22 heavy (non-hydrogen) atoms. The first-order valence-corrected chi connectivity index (χ1v) is 7.07. The number of hydrogen-bond acceptors (Lipinski definition) is 3. The molecular formula is C9H12F8O4S. The van der Waals surface area contributed by atoms with Crippen molar-refractivity contribution in [3.8, 4) is 0 Å². The summed E-state index contributed by atoms with van der Waals surface area (Å²) in [6, 6.07) is 0. The van der Waals surface area contributed by atoms with Crippen LogP contribution in [0, 0.1) is 0 Å². The first-order chi connectivity index (χ1) is 9.52. The van der Waals surface area contributed by atoms with Crippen LogP contribution in [0.15, 0.2) is 0 Å². The second-order valence-electron chi connectivity index (χ2n) is 4.34. The lowest BCUT2D eigenvalue weighted by atomic mass is 9.97. The lowest BCUT2D eigenvalue weighted by Gasteiger charge is -2.36. The summed E-state index contributed by atoms with van der Waals surface area (Å²) in [5.74, 6) is -18.8. The van der Waals surface area contributed by atoms with E-state index in [1.807, 2.05) is 0 Å². The predicted octanol–water partition coefficient (Wildman–Crippen LogP) is 3.88. The van der Waals surface area contributed by atoms with Crippen molar-refractivity contribution in [1.82, 2.24) is 0 Å². The molecule has 0 aromatic rings. The molecule has 1 N–H and O–H groups in total. The van der Waals surface area contributed by atoms with E-state index in [-0.39, 0.29) is 12.8 Å². The van der Waals surface area contributed by atoms with Gasteiger partial charge in [0.05, 0.1) is 0 Å². The molecule has 13 heteroatoms. The lowest BCUT2D eigenvalue weighted by Crippen LogP contribution is -2.63. The van der Waals surface area contributed by atoms with Crippen LogP contribution in [-0.4, -0.2) is 36.8 Å². The molecule has 134 valence electrons. The molecule has 0 heterocycles. The molecule has 0 radical (unpaired) electrons. The summed E-state index contributed by atoms with van der Waals surface area (Å²) < 4.78 is 134. The summed E-state index contributed by atoms with van der Waals surface area (Å²) in [5, 5.41) is 0. The predicted molar refractivity (Wildman–Crippen MR) is 56.6 cm³/mol. The highest BCUT2D eigenvalue weighted by Gasteiger charge is 2.81. The Bertz CT molecular complexity index is 474. The third-order valence-corrected chi connectivity index (χ3v) is 3.03. The van der Waals surface area contributed by atoms with Gasteiger partial charge in [-0.2, -0.15) is 39.2 Å². The normalized spacial score (nSPS) is 17.4. The molecule has 0 aliphatic carbocycles. The number of rotatable bonds is 8. The van der Waals surface area contributed by atoms with Crippen molar-refractivity contribution >= 4 is 10.4 Å². The Morgan fingerprint density at radius 2 is 1.36 bits per heavy atom. The number of halogens is 8. The van der Waals surface area contributed by atoms with Gasteiger partial charge in [0.25, 0.3) is 5.85 Å². The smallest absolute Gasteiger partial charge is 0.263 e. The van der Waals surface area contributed by atoms with Gasteiger partial charge >= 0.3 is 28.4 Å². The van der Waals surface area contributed by atoms with Crippen LogP contribution < -0.4 is 0 Å². The summed E-state index contributed by atoms with van der Waals surface area (Å²) in [7, 11) is -6.06. The molecule has 0 aromatic heterocycles. The Morgan fingerprint density at radius 3 is 1.68 bits per heavy atom. The fourth-order valence-electron chi connectivity index (χ4n) is 1.43. The van der Waals surface area contributed by atoms with Gasteiger partial charge in [0.1, 0.15) is 0 Å². The molecule has 1 unspecified atom stereocenters. The molecule has 0 aromatic carbocycles. The van der Waals surface area contributed by atoms with Gasteiger partial charge in [-0.1, -0.05) is 19.8 Å². The second-order valence-corrected chi connectivity index (χ2v) is 5.37. The Labute approximate surface area is 120 Å². The van der Waals surface area contributed by atoms with Crippen molar-refractivity contribution in [2.45, 2.75) is 56.5 Å². The summed E-state index contributed by atoms with van der Waals surface area (Å²) in [4.78, 5) is 0. The first kappa shape index (κ1) is 21.3.